The lowest BCUT2D eigenvalue weighted by molar-refractivity contribution is 0.0623. The zero-order valence-electron chi connectivity index (χ0n) is 23.5. The minimum Gasteiger partial charge on any atom is -0.454 e. The molecular formula is C31H29N7O3S2. The van der Waals surface area contributed by atoms with E-state index in [0.29, 0.717) is 24.5 Å². The lowest BCUT2D eigenvalue weighted by atomic mass is 10.1. The number of hydrogen-bond acceptors (Lipinski definition) is 10. The zero-order valence-corrected chi connectivity index (χ0v) is 25.2. The van der Waals surface area contributed by atoms with Crippen LogP contribution in [0.3, 0.4) is 0 Å². The van der Waals surface area contributed by atoms with Gasteiger partial charge in [-0.25, -0.2) is 4.98 Å². The number of amides is 1. The smallest absolute Gasteiger partial charge is 0.273 e. The number of nitrogens with zero attached hydrogens (tertiary/aromatic N) is 7. The molecule has 1 fully saturated rings. The van der Waals surface area contributed by atoms with E-state index in [1.54, 1.807) is 24.2 Å². The predicted molar refractivity (Wildman–Crippen MR) is 165 cm³/mol. The van der Waals surface area contributed by atoms with Crippen LogP contribution in [0.2, 0.25) is 0 Å². The first-order valence-electron chi connectivity index (χ1n) is 14.0. The minimum absolute atomic E-state index is 0.0157. The fourth-order valence-corrected chi connectivity index (χ4v) is 6.89. The molecular weight excluding hydrogens is 583 g/mol. The normalized spacial score (nSPS) is 14.8. The van der Waals surface area contributed by atoms with Gasteiger partial charge in [-0.1, -0.05) is 35.5 Å². The summed E-state index contributed by atoms with van der Waals surface area (Å²) < 4.78 is 13.0. The molecule has 0 atom stereocenters. The summed E-state index contributed by atoms with van der Waals surface area (Å²) in [5.41, 5.74) is 4.78. The van der Waals surface area contributed by atoms with Crippen molar-refractivity contribution in [2.24, 2.45) is 0 Å². The Balaban J connectivity index is 0.986. The summed E-state index contributed by atoms with van der Waals surface area (Å²) in [6.45, 7) is 6.11. The van der Waals surface area contributed by atoms with Crippen LogP contribution in [0.25, 0.3) is 17.1 Å². The number of aryl methyl sites for hydroxylation is 1. The number of benzene rings is 2. The van der Waals surface area contributed by atoms with Gasteiger partial charge in [0.1, 0.15) is 10.7 Å². The molecule has 2 aliphatic rings. The van der Waals surface area contributed by atoms with E-state index in [1.807, 2.05) is 34.5 Å². The van der Waals surface area contributed by atoms with Gasteiger partial charge in [0.15, 0.2) is 22.5 Å². The van der Waals surface area contributed by atoms with Crippen molar-refractivity contribution < 1.29 is 14.3 Å². The molecule has 3 aromatic heterocycles. The van der Waals surface area contributed by atoms with Gasteiger partial charge in [0, 0.05) is 61.7 Å². The second-order valence-electron chi connectivity index (χ2n) is 10.4. The summed E-state index contributed by atoms with van der Waals surface area (Å²) in [5.74, 6) is 2.91. The van der Waals surface area contributed by atoms with E-state index in [2.05, 4.69) is 61.9 Å². The Morgan fingerprint density at radius 1 is 0.953 bits per heavy atom. The van der Waals surface area contributed by atoms with Crippen molar-refractivity contribution in [3.05, 3.63) is 94.2 Å². The summed E-state index contributed by atoms with van der Waals surface area (Å²) in [5, 5.41) is 12.5. The summed E-state index contributed by atoms with van der Waals surface area (Å²) >= 11 is 3.06. The first-order valence-corrected chi connectivity index (χ1v) is 15.9. The van der Waals surface area contributed by atoms with Crippen LogP contribution < -0.4 is 9.47 Å². The van der Waals surface area contributed by atoms with Crippen LogP contribution in [0.4, 0.5) is 0 Å². The standard InChI is InChI=1S/C31H29N7O3S2/c1-21-2-5-24(6-3-21)38-29(23-8-10-32-11-9-23)34-35-31(38)43-19-28-33-25(18-42-28)30(39)37-14-12-36(13-15-37)17-22-4-7-26-27(16-22)41-20-40-26/h2-11,16,18H,12-15,17,19-20H2,1H3. The summed E-state index contributed by atoms with van der Waals surface area (Å²) in [6, 6.07) is 18.2. The Morgan fingerprint density at radius 2 is 1.74 bits per heavy atom. The van der Waals surface area contributed by atoms with Gasteiger partial charge in [0.2, 0.25) is 6.79 Å². The molecule has 218 valence electrons. The zero-order chi connectivity index (χ0) is 29.2. The molecule has 2 aromatic carbocycles. The van der Waals surface area contributed by atoms with Crippen molar-refractivity contribution in [3.8, 4) is 28.6 Å². The molecule has 0 radical (unpaired) electrons. The molecule has 10 nitrogen and oxygen atoms in total. The second kappa shape index (κ2) is 12.2. The fraction of sp³-hybridized carbons (Fsp3) is 0.258. The van der Waals surface area contributed by atoms with Crippen LogP contribution in [-0.4, -0.2) is 73.4 Å². The summed E-state index contributed by atoms with van der Waals surface area (Å²) in [7, 11) is 0. The van der Waals surface area contributed by atoms with E-state index in [1.165, 1.54) is 22.5 Å². The first kappa shape index (κ1) is 27.6. The Bertz CT molecular complexity index is 1730. The molecule has 7 rings (SSSR count). The fourth-order valence-electron chi connectivity index (χ4n) is 5.15. The molecule has 0 bridgehead atoms. The van der Waals surface area contributed by atoms with Gasteiger partial charge >= 0.3 is 0 Å². The summed E-state index contributed by atoms with van der Waals surface area (Å²) in [6.07, 6.45) is 3.51. The second-order valence-corrected chi connectivity index (χ2v) is 12.3. The number of rotatable bonds is 8. The van der Waals surface area contributed by atoms with E-state index in [9.17, 15) is 4.79 Å². The molecule has 0 spiro atoms. The number of thiazole rings is 1. The molecule has 43 heavy (non-hydrogen) atoms. The first-order chi connectivity index (χ1) is 21.1. The molecule has 0 saturated carbocycles. The highest BCUT2D eigenvalue weighted by Crippen LogP contribution is 2.33. The number of ether oxygens (including phenoxy) is 2. The van der Waals surface area contributed by atoms with Gasteiger partial charge in [-0.15, -0.1) is 21.5 Å². The topological polar surface area (TPSA) is 98.5 Å². The lowest BCUT2D eigenvalue weighted by Gasteiger charge is -2.34. The summed E-state index contributed by atoms with van der Waals surface area (Å²) in [4.78, 5) is 26.4. The SMILES string of the molecule is Cc1ccc(-n2c(SCc3nc(C(=O)N4CCN(Cc5ccc6c(c5)OCO6)CC4)cs3)nnc2-c2ccncc2)cc1. The Labute approximate surface area is 257 Å². The third-order valence-electron chi connectivity index (χ3n) is 7.46. The van der Waals surface area contributed by atoms with Gasteiger partial charge < -0.3 is 14.4 Å². The molecule has 12 heteroatoms. The minimum atomic E-state index is -0.0157. The van der Waals surface area contributed by atoms with E-state index >= 15 is 0 Å². The highest BCUT2D eigenvalue weighted by molar-refractivity contribution is 7.98. The lowest BCUT2D eigenvalue weighted by Crippen LogP contribution is -2.48. The van der Waals surface area contributed by atoms with Crippen molar-refractivity contribution in [1.29, 1.82) is 0 Å². The van der Waals surface area contributed by atoms with Crippen LogP contribution in [0, 0.1) is 6.92 Å². The largest absolute Gasteiger partial charge is 0.454 e. The van der Waals surface area contributed by atoms with Crippen molar-refractivity contribution >= 4 is 29.0 Å². The number of piperazine rings is 1. The van der Waals surface area contributed by atoms with E-state index in [0.717, 1.165) is 58.4 Å². The van der Waals surface area contributed by atoms with Crippen LogP contribution in [-0.2, 0) is 12.3 Å². The number of hydrogen-bond donors (Lipinski definition) is 0. The molecule has 5 aromatic rings. The Morgan fingerprint density at radius 3 is 2.56 bits per heavy atom. The van der Waals surface area contributed by atoms with E-state index in [-0.39, 0.29) is 12.7 Å². The van der Waals surface area contributed by atoms with E-state index in [4.69, 9.17) is 14.5 Å². The quantitative estimate of drug-likeness (QED) is 0.223. The number of thioether (sulfide) groups is 1. The molecule has 0 unspecified atom stereocenters. The average Bonchev–Trinajstić information content (AvgIpc) is 3.81. The maximum absolute atomic E-state index is 13.3. The van der Waals surface area contributed by atoms with Crippen LogP contribution in [0.15, 0.2) is 77.5 Å². The number of fused-ring (bicyclic) bond motifs is 1. The van der Waals surface area contributed by atoms with Crippen molar-refractivity contribution in [3.63, 3.8) is 0 Å². The monoisotopic (exact) mass is 611 g/mol. The maximum atomic E-state index is 13.3. The van der Waals surface area contributed by atoms with Gasteiger partial charge in [-0.2, -0.15) is 0 Å². The Hall–Kier alpha value is -4.26. The van der Waals surface area contributed by atoms with Crippen molar-refractivity contribution in [2.45, 2.75) is 24.4 Å². The van der Waals surface area contributed by atoms with Gasteiger partial charge in [-0.05, 0) is 48.9 Å². The van der Waals surface area contributed by atoms with Gasteiger partial charge in [0.25, 0.3) is 5.91 Å². The van der Waals surface area contributed by atoms with Crippen LogP contribution in [0.5, 0.6) is 11.5 Å². The Kier molecular flexibility index (Phi) is 7.79. The molecule has 2 aliphatic heterocycles. The van der Waals surface area contributed by atoms with Gasteiger partial charge in [-0.3, -0.25) is 19.2 Å². The van der Waals surface area contributed by atoms with Crippen molar-refractivity contribution in [1.82, 2.24) is 34.5 Å². The molecule has 0 N–H and O–H groups in total. The molecule has 0 aliphatic carbocycles. The third kappa shape index (κ3) is 5.99. The number of carbonyl (C=O) groups is 1. The van der Waals surface area contributed by atoms with Crippen molar-refractivity contribution in [2.75, 3.05) is 33.0 Å². The highest BCUT2D eigenvalue weighted by atomic mass is 32.2. The third-order valence-corrected chi connectivity index (χ3v) is 9.43. The maximum Gasteiger partial charge on any atom is 0.273 e. The van der Waals surface area contributed by atoms with Gasteiger partial charge in [0.05, 0.1) is 5.75 Å². The predicted octanol–water partition coefficient (Wildman–Crippen LogP) is 5.07. The number of pyridine rings is 1. The molecule has 1 saturated heterocycles. The molecule has 1 amide bonds. The number of aromatic nitrogens is 5. The number of carbonyl (C=O) groups excluding carboxylic acids is 1. The van der Waals surface area contributed by atoms with Crippen LogP contribution >= 0.6 is 23.1 Å². The molecule has 5 heterocycles. The highest BCUT2D eigenvalue weighted by Gasteiger charge is 2.25. The van der Waals surface area contributed by atoms with E-state index < -0.39 is 0 Å². The van der Waals surface area contributed by atoms with Crippen LogP contribution in [0.1, 0.15) is 26.6 Å². The average molecular weight is 612 g/mol.